The van der Waals surface area contributed by atoms with Gasteiger partial charge >= 0.3 is 0 Å². The Bertz CT molecular complexity index is 611. The van der Waals surface area contributed by atoms with Crippen LogP contribution in [-0.4, -0.2) is 0 Å². The van der Waals surface area contributed by atoms with Gasteiger partial charge in [-0.1, -0.05) is 12.1 Å². The van der Waals surface area contributed by atoms with Gasteiger partial charge in [-0.2, -0.15) is 0 Å². The standard InChI is InChI=1S/C16H16F3N/c1-10-3-4-13(17)7-12(10)9-20-11(2)15-6-5-14(18)8-16(15)19/h3-8,11,20H,9H2,1-2H3. The second kappa shape index (κ2) is 6.09. The molecule has 1 nitrogen and oxygen atoms in total. The summed E-state index contributed by atoms with van der Waals surface area (Å²) >= 11 is 0. The van der Waals surface area contributed by atoms with E-state index < -0.39 is 11.6 Å². The summed E-state index contributed by atoms with van der Waals surface area (Å²) in [5.41, 5.74) is 2.17. The molecule has 0 amide bonds. The second-order valence-corrected chi connectivity index (χ2v) is 4.84. The molecular formula is C16H16F3N. The molecule has 0 radical (unpaired) electrons. The first-order chi connectivity index (χ1) is 9.47. The summed E-state index contributed by atoms with van der Waals surface area (Å²) in [6.07, 6.45) is 0. The largest absolute Gasteiger partial charge is 0.306 e. The van der Waals surface area contributed by atoms with E-state index in [1.54, 1.807) is 13.0 Å². The summed E-state index contributed by atoms with van der Waals surface area (Å²) in [5.74, 6) is -1.48. The highest BCUT2D eigenvalue weighted by atomic mass is 19.1. The van der Waals surface area contributed by atoms with Crippen molar-refractivity contribution >= 4 is 0 Å². The van der Waals surface area contributed by atoms with Crippen molar-refractivity contribution in [2.45, 2.75) is 26.4 Å². The molecule has 0 aromatic heterocycles. The Labute approximate surface area is 116 Å². The van der Waals surface area contributed by atoms with Gasteiger partial charge in [0.25, 0.3) is 0 Å². The summed E-state index contributed by atoms with van der Waals surface area (Å²) in [7, 11) is 0. The lowest BCUT2D eigenvalue weighted by molar-refractivity contribution is 0.516. The molecule has 1 atom stereocenters. The third-order valence-corrected chi connectivity index (χ3v) is 3.34. The first-order valence-electron chi connectivity index (χ1n) is 6.40. The van der Waals surface area contributed by atoms with Crippen LogP contribution in [0.5, 0.6) is 0 Å². The van der Waals surface area contributed by atoms with Crippen LogP contribution in [0, 0.1) is 24.4 Å². The topological polar surface area (TPSA) is 12.0 Å². The van der Waals surface area contributed by atoms with E-state index in [9.17, 15) is 13.2 Å². The minimum Gasteiger partial charge on any atom is -0.306 e. The van der Waals surface area contributed by atoms with Crippen LogP contribution in [0.15, 0.2) is 36.4 Å². The molecule has 0 aliphatic rings. The molecule has 2 aromatic rings. The molecule has 0 fully saturated rings. The number of hydrogen-bond donors (Lipinski definition) is 1. The Balaban J connectivity index is 2.08. The maximum Gasteiger partial charge on any atom is 0.130 e. The third kappa shape index (κ3) is 3.39. The van der Waals surface area contributed by atoms with E-state index in [1.165, 1.54) is 24.3 Å². The molecular weight excluding hydrogens is 263 g/mol. The minimum absolute atomic E-state index is 0.293. The zero-order valence-electron chi connectivity index (χ0n) is 11.4. The molecule has 20 heavy (non-hydrogen) atoms. The lowest BCUT2D eigenvalue weighted by Gasteiger charge is -2.16. The van der Waals surface area contributed by atoms with Crippen molar-refractivity contribution in [2.24, 2.45) is 0 Å². The van der Waals surface area contributed by atoms with Gasteiger partial charge in [-0.3, -0.25) is 0 Å². The van der Waals surface area contributed by atoms with E-state index in [0.29, 0.717) is 12.1 Å². The smallest absolute Gasteiger partial charge is 0.130 e. The highest BCUT2D eigenvalue weighted by Crippen LogP contribution is 2.19. The van der Waals surface area contributed by atoms with Crippen molar-refractivity contribution < 1.29 is 13.2 Å². The predicted octanol–water partition coefficient (Wildman–Crippen LogP) is 4.26. The molecule has 0 saturated heterocycles. The number of rotatable bonds is 4. The van der Waals surface area contributed by atoms with E-state index >= 15 is 0 Å². The summed E-state index contributed by atoms with van der Waals surface area (Å²) < 4.78 is 39.7. The van der Waals surface area contributed by atoms with Gasteiger partial charge < -0.3 is 5.32 Å². The Kier molecular flexibility index (Phi) is 4.45. The van der Waals surface area contributed by atoms with Gasteiger partial charge in [-0.05, 0) is 43.2 Å². The third-order valence-electron chi connectivity index (χ3n) is 3.34. The number of hydrogen-bond acceptors (Lipinski definition) is 1. The van der Waals surface area contributed by atoms with Gasteiger partial charge in [0.15, 0.2) is 0 Å². The quantitative estimate of drug-likeness (QED) is 0.881. The van der Waals surface area contributed by atoms with E-state index in [2.05, 4.69) is 5.32 Å². The van der Waals surface area contributed by atoms with Gasteiger partial charge in [0.2, 0.25) is 0 Å². The van der Waals surface area contributed by atoms with Crippen molar-refractivity contribution in [2.75, 3.05) is 0 Å². The maximum absolute atomic E-state index is 13.6. The zero-order chi connectivity index (χ0) is 14.7. The lowest BCUT2D eigenvalue weighted by atomic mass is 10.1. The van der Waals surface area contributed by atoms with E-state index in [0.717, 1.165) is 17.2 Å². The molecule has 0 heterocycles. The highest BCUT2D eigenvalue weighted by Gasteiger charge is 2.11. The van der Waals surface area contributed by atoms with Crippen molar-refractivity contribution in [3.63, 3.8) is 0 Å². The van der Waals surface area contributed by atoms with Crippen LogP contribution in [-0.2, 0) is 6.54 Å². The first kappa shape index (κ1) is 14.6. The molecule has 2 rings (SSSR count). The fourth-order valence-electron chi connectivity index (χ4n) is 2.06. The molecule has 4 heteroatoms. The average molecular weight is 279 g/mol. The van der Waals surface area contributed by atoms with Crippen LogP contribution >= 0.6 is 0 Å². The maximum atomic E-state index is 13.6. The molecule has 106 valence electrons. The number of aryl methyl sites for hydroxylation is 1. The molecule has 0 aliphatic heterocycles. The van der Waals surface area contributed by atoms with Gasteiger partial charge in [-0.25, -0.2) is 13.2 Å². The Hall–Kier alpha value is -1.81. The highest BCUT2D eigenvalue weighted by molar-refractivity contribution is 5.27. The van der Waals surface area contributed by atoms with Crippen LogP contribution < -0.4 is 5.32 Å². The van der Waals surface area contributed by atoms with Crippen molar-refractivity contribution in [1.82, 2.24) is 5.32 Å². The summed E-state index contributed by atoms with van der Waals surface area (Å²) in [5, 5.41) is 3.11. The Morgan fingerprint density at radius 3 is 2.35 bits per heavy atom. The van der Waals surface area contributed by atoms with Gasteiger partial charge in [0.05, 0.1) is 0 Å². The van der Waals surface area contributed by atoms with Crippen LogP contribution in [0.25, 0.3) is 0 Å². The van der Waals surface area contributed by atoms with Crippen molar-refractivity contribution in [3.8, 4) is 0 Å². The zero-order valence-corrected chi connectivity index (χ0v) is 11.4. The fraction of sp³-hybridized carbons (Fsp3) is 0.250. The normalized spacial score (nSPS) is 12.4. The number of benzene rings is 2. The number of halogens is 3. The van der Waals surface area contributed by atoms with Crippen LogP contribution in [0.2, 0.25) is 0 Å². The fourth-order valence-corrected chi connectivity index (χ4v) is 2.06. The van der Waals surface area contributed by atoms with Crippen LogP contribution in [0.4, 0.5) is 13.2 Å². The Morgan fingerprint density at radius 2 is 1.65 bits per heavy atom. The molecule has 1 unspecified atom stereocenters. The monoisotopic (exact) mass is 279 g/mol. The SMILES string of the molecule is Cc1ccc(F)cc1CNC(C)c1ccc(F)cc1F. The van der Waals surface area contributed by atoms with Crippen molar-refractivity contribution in [3.05, 3.63) is 70.5 Å². The van der Waals surface area contributed by atoms with Crippen LogP contribution in [0.3, 0.4) is 0 Å². The molecule has 0 bridgehead atoms. The second-order valence-electron chi connectivity index (χ2n) is 4.84. The molecule has 0 aliphatic carbocycles. The van der Waals surface area contributed by atoms with E-state index in [1.807, 2.05) is 6.92 Å². The van der Waals surface area contributed by atoms with Crippen molar-refractivity contribution in [1.29, 1.82) is 0 Å². The lowest BCUT2D eigenvalue weighted by Crippen LogP contribution is -2.19. The average Bonchev–Trinajstić information content (AvgIpc) is 2.39. The number of nitrogens with one attached hydrogen (secondary N) is 1. The minimum atomic E-state index is -0.598. The molecule has 1 N–H and O–H groups in total. The first-order valence-corrected chi connectivity index (χ1v) is 6.40. The Morgan fingerprint density at radius 1 is 1.00 bits per heavy atom. The van der Waals surface area contributed by atoms with Gasteiger partial charge in [-0.15, -0.1) is 0 Å². The predicted molar refractivity (Wildman–Crippen MR) is 72.7 cm³/mol. The molecule has 2 aromatic carbocycles. The summed E-state index contributed by atoms with van der Waals surface area (Å²) in [4.78, 5) is 0. The summed E-state index contributed by atoms with van der Waals surface area (Å²) in [6, 6.07) is 7.78. The molecule has 0 saturated carbocycles. The van der Waals surface area contributed by atoms with Crippen LogP contribution in [0.1, 0.15) is 29.7 Å². The van der Waals surface area contributed by atoms with Gasteiger partial charge in [0.1, 0.15) is 17.5 Å². The van der Waals surface area contributed by atoms with E-state index in [-0.39, 0.29) is 11.9 Å². The van der Waals surface area contributed by atoms with Gasteiger partial charge in [0, 0.05) is 24.2 Å². The molecule has 0 spiro atoms. The summed E-state index contributed by atoms with van der Waals surface area (Å²) in [6.45, 7) is 4.09. The van der Waals surface area contributed by atoms with E-state index in [4.69, 9.17) is 0 Å².